The molecule has 0 aliphatic rings. The van der Waals surface area contributed by atoms with Gasteiger partial charge >= 0.3 is 0 Å². The Hall–Kier alpha value is -2.18. The Morgan fingerprint density at radius 2 is 1.71 bits per heavy atom. The third-order valence-corrected chi connectivity index (χ3v) is 4.98. The lowest BCUT2D eigenvalue weighted by Gasteiger charge is -2.06. The number of rotatable bonds is 3. The quantitative estimate of drug-likeness (QED) is 0.685. The maximum atomic E-state index is 14.2. The van der Waals surface area contributed by atoms with Crippen molar-refractivity contribution in [1.29, 1.82) is 0 Å². The molecule has 0 saturated heterocycles. The van der Waals surface area contributed by atoms with Crippen molar-refractivity contribution in [3.63, 3.8) is 0 Å². The summed E-state index contributed by atoms with van der Waals surface area (Å²) < 4.78 is 42.6. The summed E-state index contributed by atoms with van der Waals surface area (Å²) in [4.78, 5) is -0.339. The van der Waals surface area contributed by atoms with Crippen molar-refractivity contribution < 1.29 is 17.3 Å². The average molecular weight is 366 g/mol. The molecule has 0 saturated carbocycles. The fraction of sp³-hybridized carbons (Fsp3) is 0.118. The van der Waals surface area contributed by atoms with Gasteiger partial charge < -0.3 is 4.52 Å². The van der Waals surface area contributed by atoms with Gasteiger partial charge in [-0.05, 0) is 36.8 Å². The molecule has 4 nitrogen and oxygen atoms in total. The summed E-state index contributed by atoms with van der Waals surface area (Å²) in [7, 11) is -3.62. The van der Waals surface area contributed by atoms with Crippen LogP contribution in [0.4, 0.5) is 4.39 Å². The van der Waals surface area contributed by atoms with Gasteiger partial charge in [0.15, 0.2) is 9.84 Å². The van der Waals surface area contributed by atoms with Crippen LogP contribution in [-0.4, -0.2) is 19.8 Å². The smallest absolute Gasteiger partial charge is 0.178 e. The van der Waals surface area contributed by atoms with Crippen molar-refractivity contribution in [2.24, 2.45) is 0 Å². The number of hydrogen-bond acceptors (Lipinski definition) is 4. The third-order valence-electron chi connectivity index (χ3n) is 3.60. The fourth-order valence-corrected chi connectivity index (χ4v) is 3.33. The molecule has 24 heavy (non-hydrogen) atoms. The molecule has 0 bridgehead atoms. The fourth-order valence-electron chi connectivity index (χ4n) is 2.47. The van der Waals surface area contributed by atoms with Crippen molar-refractivity contribution >= 4 is 21.4 Å². The van der Waals surface area contributed by atoms with Gasteiger partial charge in [-0.3, -0.25) is 0 Å². The Morgan fingerprint density at radius 1 is 1.08 bits per heavy atom. The van der Waals surface area contributed by atoms with Gasteiger partial charge in [0.05, 0.1) is 5.56 Å². The van der Waals surface area contributed by atoms with Gasteiger partial charge in [-0.15, -0.1) is 0 Å². The standard InChI is InChI=1S/C17H13ClFNO3S/c1-10-16(12-5-8-15(14(19)9-12)24(2,21)22)17(20-23-10)11-3-6-13(18)7-4-11/h3-9H,1-2H3. The molecule has 0 aliphatic heterocycles. The molecule has 1 heterocycles. The highest BCUT2D eigenvalue weighted by atomic mass is 35.5. The lowest BCUT2D eigenvalue weighted by atomic mass is 9.99. The minimum Gasteiger partial charge on any atom is -0.360 e. The minimum absolute atomic E-state index is 0.339. The van der Waals surface area contributed by atoms with Crippen LogP contribution < -0.4 is 0 Å². The van der Waals surface area contributed by atoms with E-state index in [2.05, 4.69) is 5.16 Å². The number of hydrogen-bond donors (Lipinski definition) is 0. The Bertz CT molecular complexity index is 1010. The van der Waals surface area contributed by atoms with Gasteiger partial charge in [0.25, 0.3) is 0 Å². The SMILES string of the molecule is Cc1onc(-c2ccc(Cl)cc2)c1-c1ccc(S(C)(=O)=O)c(F)c1. The van der Waals surface area contributed by atoms with Crippen molar-refractivity contribution in [3.05, 3.63) is 59.1 Å². The molecule has 0 radical (unpaired) electrons. The number of halogens is 2. The summed E-state index contributed by atoms with van der Waals surface area (Å²) in [5, 5.41) is 4.62. The number of aromatic nitrogens is 1. The van der Waals surface area contributed by atoms with E-state index in [4.69, 9.17) is 16.1 Å². The highest BCUT2D eigenvalue weighted by molar-refractivity contribution is 7.90. The lowest BCUT2D eigenvalue weighted by molar-refractivity contribution is 0.400. The van der Waals surface area contributed by atoms with E-state index in [0.29, 0.717) is 27.6 Å². The number of sulfone groups is 1. The van der Waals surface area contributed by atoms with Crippen molar-refractivity contribution in [3.8, 4) is 22.4 Å². The molecule has 0 atom stereocenters. The molecule has 0 amide bonds. The molecule has 0 N–H and O–H groups in total. The molecule has 0 spiro atoms. The summed E-state index contributed by atoms with van der Waals surface area (Å²) in [6, 6.07) is 11.0. The molecular weight excluding hydrogens is 353 g/mol. The first-order valence-corrected chi connectivity index (χ1v) is 9.26. The zero-order chi connectivity index (χ0) is 17.5. The summed E-state index contributed by atoms with van der Waals surface area (Å²) in [6.07, 6.45) is 0.967. The van der Waals surface area contributed by atoms with Gasteiger partial charge in [0, 0.05) is 16.8 Å². The molecule has 0 unspecified atom stereocenters. The maximum Gasteiger partial charge on any atom is 0.178 e. The van der Waals surface area contributed by atoms with E-state index >= 15 is 0 Å². The van der Waals surface area contributed by atoms with Crippen LogP contribution in [-0.2, 0) is 9.84 Å². The zero-order valence-electron chi connectivity index (χ0n) is 12.9. The van der Waals surface area contributed by atoms with Crippen molar-refractivity contribution in [1.82, 2.24) is 5.16 Å². The van der Waals surface area contributed by atoms with Crippen LogP contribution in [0.3, 0.4) is 0 Å². The number of benzene rings is 2. The molecule has 124 valence electrons. The predicted molar refractivity (Wildman–Crippen MR) is 90.2 cm³/mol. The number of aryl methyl sites for hydroxylation is 1. The molecule has 3 aromatic rings. The Kier molecular flexibility index (Phi) is 4.19. The molecule has 3 rings (SSSR count). The van der Waals surface area contributed by atoms with Crippen LogP contribution in [0.15, 0.2) is 51.9 Å². The highest BCUT2D eigenvalue weighted by Gasteiger charge is 2.20. The van der Waals surface area contributed by atoms with E-state index in [1.165, 1.54) is 12.1 Å². The van der Waals surface area contributed by atoms with Gasteiger partial charge in [0.1, 0.15) is 22.2 Å². The van der Waals surface area contributed by atoms with Crippen molar-refractivity contribution in [2.75, 3.05) is 6.26 Å². The first-order valence-electron chi connectivity index (χ1n) is 6.99. The van der Waals surface area contributed by atoms with Crippen LogP contribution >= 0.6 is 11.6 Å². The largest absolute Gasteiger partial charge is 0.360 e. The molecular formula is C17H13ClFNO3S. The average Bonchev–Trinajstić information content (AvgIpc) is 2.88. The first-order chi connectivity index (χ1) is 11.3. The lowest BCUT2D eigenvalue weighted by Crippen LogP contribution is -2.00. The summed E-state index contributed by atoms with van der Waals surface area (Å²) in [6.45, 7) is 1.71. The van der Waals surface area contributed by atoms with E-state index in [1.54, 1.807) is 37.3 Å². The Morgan fingerprint density at radius 3 is 2.29 bits per heavy atom. The maximum absolute atomic E-state index is 14.2. The van der Waals surface area contributed by atoms with Gasteiger partial charge in [0.2, 0.25) is 0 Å². The second-order valence-corrected chi connectivity index (χ2v) is 7.81. The van der Waals surface area contributed by atoms with Crippen molar-refractivity contribution in [2.45, 2.75) is 11.8 Å². The topological polar surface area (TPSA) is 60.2 Å². The minimum atomic E-state index is -3.62. The van der Waals surface area contributed by atoms with Crippen LogP contribution in [0.2, 0.25) is 5.02 Å². The number of nitrogens with zero attached hydrogens (tertiary/aromatic N) is 1. The van der Waals surface area contributed by atoms with Gasteiger partial charge in [-0.25, -0.2) is 12.8 Å². The second kappa shape index (κ2) is 6.03. The molecule has 0 aliphatic carbocycles. The van der Waals surface area contributed by atoms with Crippen LogP contribution in [0.1, 0.15) is 5.76 Å². The Balaban J connectivity index is 2.16. The van der Waals surface area contributed by atoms with E-state index in [0.717, 1.165) is 11.8 Å². The van der Waals surface area contributed by atoms with Gasteiger partial charge in [-0.1, -0.05) is 35.0 Å². The molecule has 7 heteroatoms. The monoisotopic (exact) mass is 365 g/mol. The van der Waals surface area contributed by atoms with Crippen LogP contribution in [0, 0.1) is 12.7 Å². The van der Waals surface area contributed by atoms with Crippen LogP contribution in [0.25, 0.3) is 22.4 Å². The molecule has 1 aromatic heterocycles. The predicted octanol–water partition coefficient (Wildman–Crippen LogP) is 4.51. The van der Waals surface area contributed by atoms with E-state index in [1.807, 2.05) is 0 Å². The van der Waals surface area contributed by atoms with E-state index in [9.17, 15) is 12.8 Å². The van der Waals surface area contributed by atoms with E-state index < -0.39 is 15.7 Å². The third kappa shape index (κ3) is 3.07. The normalized spacial score (nSPS) is 11.7. The van der Waals surface area contributed by atoms with Crippen LogP contribution in [0.5, 0.6) is 0 Å². The van der Waals surface area contributed by atoms with E-state index in [-0.39, 0.29) is 4.90 Å². The second-order valence-electron chi connectivity index (χ2n) is 5.39. The summed E-state index contributed by atoms with van der Waals surface area (Å²) >= 11 is 5.89. The van der Waals surface area contributed by atoms with Gasteiger partial charge in [-0.2, -0.15) is 0 Å². The Labute approximate surface area is 143 Å². The summed E-state index contributed by atoms with van der Waals surface area (Å²) in [5.74, 6) is -0.302. The molecule has 0 fully saturated rings. The summed E-state index contributed by atoms with van der Waals surface area (Å²) in [5.41, 5.74) is 2.40. The molecule has 2 aromatic carbocycles. The first kappa shape index (κ1) is 16.7. The highest BCUT2D eigenvalue weighted by Crippen LogP contribution is 2.35. The zero-order valence-corrected chi connectivity index (χ0v) is 14.5.